The highest BCUT2D eigenvalue weighted by Crippen LogP contribution is 2.42. The maximum atomic E-state index is 5.90. The Morgan fingerprint density at radius 3 is 2.29 bits per heavy atom. The number of benzene rings is 1. The smallest absolute Gasteiger partial charge is 0.123 e. The van der Waals surface area contributed by atoms with Gasteiger partial charge in [0.15, 0.2) is 0 Å². The third-order valence-electron chi connectivity index (χ3n) is 4.64. The molecule has 1 aromatic carbocycles. The fourth-order valence-corrected chi connectivity index (χ4v) is 3.84. The summed E-state index contributed by atoms with van der Waals surface area (Å²) in [6.45, 7) is 4.66. The average molecular weight is 292 g/mol. The molecule has 0 aliphatic heterocycles. The molecule has 3 unspecified atom stereocenters. The van der Waals surface area contributed by atoms with Gasteiger partial charge in [-0.3, -0.25) is 11.3 Å². The van der Waals surface area contributed by atoms with E-state index in [-0.39, 0.29) is 6.04 Å². The summed E-state index contributed by atoms with van der Waals surface area (Å²) in [7, 11) is 3.38. The zero-order valence-corrected chi connectivity index (χ0v) is 13.6. The van der Waals surface area contributed by atoms with Crippen molar-refractivity contribution in [3.05, 3.63) is 23.8 Å². The summed E-state index contributed by atoms with van der Waals surface area (Å²) in [5.74, 6) is 9.60. The van der Waals surface area contributed by atoms with Crippen LogP contribution in [0.4, 0.5) is 0 Å². The highest BCUT2D eigenvalue weighted by Gasteiger charge is 2.32. The number of hydrazine groups is 1. The Morgan fingerprint density at radius 1 is 1.10 bits per heavy atom. The highest BCUT2D eigenvalue weighted by molar-refractivity contribution is 5.42. The molecular formula is C17H28N2O2. The monoisotopic (exact) mass is 292 g/mol. The Hall–Kier alpha value is -1.26. The molecule has 0 aromatic heterocycles. The van der Waals surface area contributed by atoms with E-state index < -0.39 is 0 Å². The largest absolute Gasteiger partial charge is 0.497 e. The minimum absolute atomic E-state index is 0.0975. The standard InChI is InChI=1S/C17H28N2O2/c1-11-7-12(2)9-13(8-11)17(19-18)15-10-14(20-3)5-6-16(15)21-4/h5-6,10-13,17,19H,7-9,18H2,1-4H3. The lowest BCUT2D eigenvalue weighted by Gasteiger charge is -2.36. The number of nitrogens with one attached hydrogen (secondary N) is 1. The second kappa shape index (κ2) is 7.14. The van der Waals surface area contributed by atoms with E-state index in [4.69, 9.17) is 15.3 Å². The van der Waals surface area contributed by atoms with Crippen LogP contribution in [0.5, 0.6) is 11.5 Å². The fourth-order valence-electron chi connectivity index (χ4n) is 3.84. The average Bonchev–Trinajstić information content (AvgIpc) is 2.47. The van der Waals surface area contributed by atoms with E-state index in [1.807, 2.05) is 18.2 Å². The van der Waals surface area contributed by atoms with Crippen molar-refractivity contribution >= 4 is 0 Å². The number of hydrogen-bond acceptors (Lipinski definition) is 4. The molecule has 0 radical (unpaired) electrons. The summed E-state index contributed by atoms with van der Waals surface area (Å²) in [4.78, 5) is 0. The first-order valence-electron chi connectivity index (χ1n) is 7.77. The van der Waals surface area contributed by atoms with Crippen LogP contribution in [0, 0.1) is 17.8 Å². The van der Waals surface area contributed by atoms with Crippen LogP contribution >= 0.6 is 0 Å². The van der Waals surface area contributed by atoms with E-state index in [2.05, 4.69) is 19.3 Å². The van der Waals surface area contributed by atoms with Crippen molar-refractivity contribution < 1.29 is 9.47 Å². The van der Waals surface area contributed by atoms with Gasteiger partial charge in [0.05, 0.1) is 20.3 Å². The zero-order valence-electron chi connectivity index (χ0n) is 13.6. The summed E-state index contributed by atoms with van der Waals surface area (Å²) < 4.78 is 10.9. The van der Waals surface area contributed by atoms with Crippen LogP contribution in [0.2, 0.25) is 0 Å². The molecule has 1 aliphatic carbocycles. The van der Waals surface area contributed by atoms with Crippen LogP contribution in [-0.2, 0) is 0 Å². The molecule has 4 nitrogen and oxygen atoms in total. The van der Waals surface area contributed by atoms with E-state index in [9.17, 15) is 0 Å². The summed E-state index contributed by atoms with van der Waals surface area (Å²) >= 11 is 0. The topological polar surface area (TPSA) is 56.5 Å². The van der Waals surface area contributed by atoms with Crippen LogP contribution in [0.3, 0.4) is 0 Å². The van der Waals surface area contributed by atoms with E-state index in [1.165, 1.54) is 19.3 Å². The molecule has 4 heteroatoms. The van der Waals surface area contributed by atoms with E-state index >= 15 is 0 Å². The van der Waals surface area contributed by atoms with Crippen molar-refractivity contribution in [2.24, 2.45) is 23.6 Å². The van der Waals surface area contributed by atoms with E-state index in [0.717, 1.165) is 28.9 Å². The highest BCUT2D eigenvalue weighted by atomic mass is 16.5. The molecular weight excluding hydrogens is 264 g/mol. The van der Waals surface area contributed by atoms with Crippen LogP contribution in [0.15, 0.2) is 18.2 Å². The van der Waals surface area contributed by atoms with Crippen molar-refractivity contribution in [3.8, 4) is 11.5 Å². The molecule has 0 spiro atoms. The molecule has 3 atom stereocenters. The predicted molar refractivity (Wildman–Crippen MR) is 85.3 cm³/mol. The summed E-state index contributed by atoms with van der Waals surface area (Å²) in [5, 5.41) is 0. The van der Waals surface area contributed by atoms with Gasteiger partial charge in [0.1, 0.15) is 11.5 Å². The second-order valence-corrected chi connectivity index (χ2v) is 6.43. The lowest BCUT2D eigenvalue weighted by molar-refractivity contribution is 0.175. The van der Waals surface area contributed by atoms with Crippen molar-refractivity contribution in [3.63, 3.8) is 0 Å². The van der Waals surface area contributed by atoms with Gasteiger partial charge in [-0.15, -0.1) is 0 Å². The van der Waals surface area contributed by atoms with Gasteiger partial charge < -0.3 is 9.47 Å². The number of nitrogens with two attached hydrogens (primary N) is 1. The molecule has 118 valence electrons. The summed E-state index contributed by atoms with van der Waals surface area (Å²) in [6.07, 6.45) is 3.70. The number of rotatable bonds is 5. The minimum atomic E-state index is 0.0975. The van der Waals surface area contributed by atoms with Crippen molar-refractivity contribution in [2.75, 3.05) is 14.2 Å². The molecule has 2 rings (SSSR count). The van der Waals surface area contributed by atoms with E-state index in [1.54, 1.807) is 14.2 Å². The lowest BCUT2D eigenvalue weighted by atomic mass is 9.72. The van der Waals surface area contributed by atoms with Crippen molar-refractivity contribution in [1.29, 1.82) is 0 Å². The third kappa shape index (κ3) is 3.69. The SMILES string of the molecule is COc1ccc(OC)c(C(NN)C2CC(C)CC(C)C2)c1. The molecule has 3 N–H and O–H groups in total. The Balaban J connectivity index is 2.31. The molecule has 0 bridgehead atoms. The van der Waals surface area contributed by atoms with Gasteiger partial charge in [-0.25, -0.2) is 0 Å². The van der Waals surface area contributed by atoms with Gasteiger partial charge in [-0.1, -0.05) is 13.8 Å². The molecule has 0 amide bonds. The van der Waals surface area contributed by atoms with Crippen molar-refractivity contribution in [1.82, 2.24) is 5.43 Å². The van der Waals surface area contributed by atoms with Crippen LogP contribution < -0.4 is 20.7 Å². The van der Waals surface area contributed by atoms with Gasteiger partial charge in [-0.05, 0) is 55.2 Å². The quantitative estimate of drug-likeness (QED) is 0.646. The minimum Gasteiger partial charge on any atom is -0.497 e. The zero-order chi connectivity index (χ0) is 15.4. The molecule has 1 saturated carbocycles. The summed E-state index contributed by atoms with van der Waals surface area (Å²) in [6, 6.07) is 6.00. The van der Waals surface area contributed by atoms with Gasteiger partial charge in [-0.2, -0.15) is 0 Å². The first-order valence-corrected chi connectivity index (χ1v) is 7.77. The normalized spacial score (nSPS) is 27.2. The Kier molecular flexibility index (Phi) is 5.48. The third-order valence-corrected chi connectivity index (χ3v) is 4.64. The Labute approximate surface area is 128 Å². The fraction of sp³-hybridized carbons (Fsp3) is 0.647. The maximum absolute atomic E-state index is 5.90. The number of methoxy groups -OCH3 is 2. The molecule has 0 saturated heterocycles. The van der Waals surface area contributed by atoms with Gasteiger partial charge in [0, 0.05) is 5.56 Å². The van der Waals surface area contributed by atoms with Crippen molar-refractivity contribution in [2.45, 2.75) is 39.2 Å². The van der Waals surface area contributed by atoms with Crippen LogP contribution in [-0.4, -0.2) is 14.2 Å². The van der Waals surface area contributed by atoms with Crippen LogP contribution in [0.1, 0.15) is 44.7 Å². The molecule has 1 aliphatic rings. The van der Waals surface area contributed by atoms with Gasteiger partial charge in [0.25, 0.3) is 0 Å². The Morgan fingerprint density at radius 2 is 1.76 bits per heavy atom. The Bertz CT molecular complexity index is 454. The first-order chi connectivity index (χ1) is 10.1. The molecule has 21 heavy (non-hydrogen) atoms. The van der Waals surface area contributed by atoms with Crippen LogP contribution in [0.25, 0.3) is 0 Å². The van der Waals surface area contributed by atoms with Gasteiger partial charge in [0.2, 0.25) is 0 Å². The molecule has 1 aromatic rings. The summed E-state index contributed by atoms with van der Waals surface area (Å²) in [5.41, 5.74) is 4.11. The maximum Gasteiger partial charge on any atom is 0.123 e. The lowest BCUT2D eigenvalue weighted by Crippen LogP contribution is -2.37. The predicted octanol–water partition coefficient (Wildman–Crippen LogP) is 3.28. The molecule has 0 heterocycles. The second-order valence-electron chi connectivity index (χ2n) is 6.43. The first kappa shape index (κ1) is 16.1. The number of ether oxygens (including phenoxy) is 2. The van der Waals surface area contributed by atoms with Gasteiger partial charge >= 0.3 is 0 Å². The number of hydrogen-bond donors (Lipinski definition) is 2. The van der Waals surface area contributed by atoms with E-state index in [0.29, 0.717) is 5.92 Å². The molecule has 1 fully saturated rings.